The van der Waals surface area contributed by atoms with Crippen LogP contribution < -0.4 is 0 Å². The molecular weight excluding hydrogens is 256 g/mol. The molecule has 0 N–H and O–H groups in total. The SMILES string of the molecule is CCCCCCCCC/C=C(/OC(C)=O)C(=O)OCC. The number of hydrogen-bond acceptors (Lipinski definition) is 4. The Kier molecular flexibility index (Phi) is 11.9. The van der Waals surface area contributed by atoms with Crippen LogP contribution in [-0.2, 0) is 19.1 Å². The van der Waals surface area contributed by atoms with E-state index in [0.29, 0.717) is 0 Å². The van der Waals surface area contributed by atoms with Crippen LogP contribution in [0.4, 0.5) is 0 Å². The molecule has 0 aromatic heterocycles. The first-order chi connectivity index (χ1) is 9.61. The van der Waals surface area contributed by atoms with Crippen LogP contribution in [0.3, 0.4) is 0 Å². The second-order valence-electron chi connectivity index (χ2n) is 4.79. The third-order valence-corrected chi connectivity index (χ3v) is 2.87. The van der Waals surface area contributed by atoms with E-state index in [4.69, 9.17) is 9.47 Å². The monoisotopic (exact) mass is 284 g/mol. The predicted molar refractivity (Wildman–Crippen MR) is 79.1 cm³/mol. The van der Waals surface area contributed by atoms with Gasteiger partial charge in [0.15, 0.2) is 0 Å². The molecule has 116 valence electrons. The first kappa shape index (κ1) is 18.7. The van der Waals surface area contributed by atoms with E-state index < -0.39 is 11.9 Å². The summed E-state index contributed by atoms with van der Waals surface area (Å²) >= 11 is 0. The fourth-order valence-corrected chi connectivity index (χ4v) is 1.86. The highest BCUT2D eigenvalue weighted by Gasteiger charge is 2.13. The van der Waals surface area contributed by atoms with Crippen LogP contribution in [0, 0.1) is 0 Å². The van der Waals surface area contributed by atoms with Crippen LogP contribution >= 0.6 is 0 Å². The molecular formula is C16H28O4. The molecule has 0 bridgehead atoms. The summed E-state index contributed by atoms with van der Waals surface area (Å²) < 4.78 is 9.71. The standard InChI is InChI=1S/C16H28O4/c1-4-6-7-8-9-10-11-12-13-15(20-14(3)17)16(18)19-5-2/h13H,4-12H2,1-3H3/b15-13+. The predicted octanol–water partition coefficient (Wildman–Crippen LogP) is 4.14. The Morgan fingerprint density at radius 1 is 0.950 bits per heavy atom. The Morgan fingerprint density at radius 3 is 2.10 bits per heavy atom. The minimum Gasteiger partial charge on any atom is -0.460 e. The summed E-state index contributed by atoms with van der Waals surface area (Å²) in [6, 6.07) is 0. The van der Waals surface area contributed by atoms with Gasteiger partial charge in [0.2, 0.25) is 5.76 Å². The maximum absolute atomic E-state index is 11.5. The van der Waals surface area contributed by atoms with Gasteiger partial charge >= 0.3 is 11.9 Å². The van der Waals surface area contributed by atoms with Crippen molar-refractivity contribution in [3.8, 4) is 0 Å². The fourth-order valence-electron chi connectivity index (χ4n) is 1.86. The molecule has 0 atom stereocenters. The Labute approximate surface area is 122 Å². The second kappa shape index (κ2) is 12.7. The van der Waals surface area contributed by atoms with E-state index in [9.17, 15) is 9.59 Å². The molecule has 0 aromatic rings. The van der Waals surface area contributed by atoms with Gasteiger partial charge in [-0.2, -0.15) is 0 Å². The van der Waals surface area contributed by atoms with E-state index in [0.717, 1.165) is 19.3 Å². The van der Waals surface area contributed by atoms with Gasteiger partial charge in [-0.25, -0.2) is 4.79 Å². The largest absolute Gasteiger partial charge is 0.460 e. The van der Waals surface area contributed by atoms with Crippen LogP contribution in [0.2, 0.25) is 0 Å². The Balaban J connectivity index is 3.95. The van der Waals surface area contributed by atoms with Crippen molar-refractivity contribution in [2.24, 2.45) is 0 Å². The lowest BCUT2D eigenvalue weighted by Crippen LogP contribution is -2.13. The van der Waals surface area contributed by atoms with Gasteiger partial charge in [-0.3, -0.25) is 4.79 Å². The summed E-state index contributed by atoms with van der Waals surface area (Å²) in [5, 5.41) is 0. The van der Waals surface area contributed by atoms with Crippen LogP contribution in [0.15, 0.2) is 11.8 Å². The van der Waals surface area contributed by atoms with Crippen molar-refractivity contribution >= 4 is 11.9 Å². The average molecular weight is 284 g/mol. The van der Waals surface area contributed by atoms with Gasteiger partial charge in [-0.1, -0.05) is 45.4 Å². The van der Waals surface area contributed by atoms with Crippen molar-refractivity contribution in [2.75, 3.05) is 6.61 Å². The van der Waals surface area contributed by atoms with Crippen molar-refractivity contribution in [1.82, 2.24) is 0 Å². The Bertz CT molecular complexity index is 308. The van der Waals surface area contributed by atoms with Gasteiger partial charge in [-0.05, 0) is 25.8 Å². The number of carbonyl (C=O) groups excluding carboxylic acids is 2. The number of esters is 2. The van der Waals surface area contributed by atoms with Crippen LogP contribution in [0.25, 0.3) is 0 Å². The van der Waals surface area contributed by atoms with Crippen molar-refractivity contribution in [2.45, 2.75) is 72.1 Å². The van der Waals surface area contributed by atoms with Crippen molar-refractivity contribution in [3.63, 3.8) is 0 Å². The van der Waals surface area contributed by atoms with Crippen LogP contribution in [-0.4, -0.2) is 18.5 Å². The molecule has 4 heteroatoms. The molecule has 0 aromatic carbocycles. The molecule has 0 aliphatic rings. The van der Waals surface area contributed by atoms with E-state index in [2.05, 4.69) is 6.92 Å². The molecule has 0 unspecified atom stereocenters. The van der Waals surface area contributed by atoms with Gasteiger partial charge < -0.3 is 9.47 Å². The summed E-state index contributed by atoms with van der Waals surface area (Å²) in [4.78, 5) is 22.5. The molecule has 0 saturated carbocycles. The maximum atomic E-state index is 11.5. The lowest BCUT2D eigenvalue weighted by Gasteiger charge is -2.06. The van der Waals surface area contributed by atoms with Crippen molar-refractivity contribution in [1.29, 1.82) is 0 Å². The first-order valence-corrected chi connectivity index (χ1v) is 7.67. The molecule has 0 amide bonds. The minimum atomic E-state index is -0.564. The third-order valence-electron chi connectivity index (χ3n) is 2.87. The summed E-state index contributed by atoms with van der Waals surface area (Å²) in [5.41, 5.74) is 0. The number of hydrogen-bond donors (Lipinski definition) is 0. The zero-order valence-electron chi connectivity index (χ0n) is 13.1. The highest BCUT2D eigenvalue weighted by atomic mass is 16.6. The fraction of sp³-hybridized carbons (Fsp3) is 0.750. The summed E-state index contributed by atoms with van der Waals surface area (Å²) in [5.74, 6) is -1.04. The van der Waals surface area contributed by atoms with E-state index in [-0.39, 0.29) is 12.4 Å². The minimum absolute atomic E-state index is 0.0188. The van der Waals surface area contributed by atoms with E-state index in [1.54, 1.807) is 13.0 Å². The maximum Gasteiger partial charge on any atom is 0.374 e. The molecule has 0 rings (SSSR count). The van der Waals surface area contributed by atoms with Gasteiger partial charge in [0.05, 0.1) is 6.61 Å². The summed E-state index contributed by atoms with van der Waals surface area (Å²) in [6.07, 6.45) is 10.9. The van der Waals surface area contributed by atoms with Gasteiger partial charge in [-0.15, -0.1) is 0 Å². The summed E-state index contributed by atoms with van der Waals surface area (Å²) in [7, 11) is 0. The molecule has 0 radical (unpaired) electrons. The normalized spacial score (nSPS) is 11.2. The molecule has 4 nitrogen and oxygen atoms in total. The average Bonchev–Trinajstić information content (AvgIpc) is 2.40. The lowest BCUT2D eigenvalue weighted by molar-refractivity contribution is -0.150. The smallest absolute Gasteiger partial charge is 0.374 e. The highest BCUT2D eigenvalue weighted by Crippen LogP contribution is 2.11. The molecule has 0 fully saturated rings. The molecule has 0 aliphatic heterocycles. The molecule has 0 spiro atoms. The van der Waals surface area contributed by atoms with Crippen molar-refractivity contribution in [3.05, 3.63) is 11.8 Å². The third kappa shape index (κ3) is 10.6. The number of ether oxygens (including phenoxy) is 2. The number of rotatable bonds is 11. The van der Waals surface area contributed by atoms with Crippen LogP contribution in [0.5, 0.6) is 0 Å². The Morgan fingerprint density at radius 2 is 1.55 bits per heavy atom. The first-order valence-electron chi connectivity index (χ1n) is 7.67. The number of unbranched alkanes of at least 4 members (excludes halogenated alkanes) is 7. The zero-order chi connectivity index (χ0) is 15.2. The molecule has 0 heterocycles. The quantitative estimate of drug-likeness (QED) is 0.248. The number of allylic oxidation sites excluding steroid dienone is 1. The zero-order valence-corrected chi connectivity index (χ0v) is 13.1. The van der Waals surface area contributed by atoms with E-state index in [1.807, 2.05) is 0 Å². The molecule has 0 aliphatic carbocycles. The Hall–Kier alpha value is -1.32. The van der Waals surface area contributed by atoms with Gasteiger partial charge in [0.1, 0.15) is 0 Å². The van der Waals surface area contributed by atoms with Gasteiger partial charge in [0.25, 0.3) is 0 Å². The summed E-state index contributed by atoms with van der Waals surface area (Å²) in [6.45, 7) is 5.48. The second-order valence-corrected chi connectivity index (χ2v) is 4.79. The van der Waals surface area contributed by atoms with Gasteiger partial charge in [0, 0.05) is 6.92 Å². The van der Waals surface area contributed by atoms with Crippen LogP contribution in [0.1, 0.15) is 72.1 Å². The lowest BCUT2D eigenvalue weighted by atomic mass is 10.1. The van der Waals surface area contributed by atoms with E-state index >= 15 is 0 Å². The molecule has 20 heavy (non-hydrogen) atoms. The van der Waals surface area contributed by atoms with E-state index in [1.165, 1.54) is 39.0 Å². The number of carbonyl (C=O) groups is 2. The highest BCUT2D eigenvalue weighted by molar-refractivity contribution is 5.89. The topological polar surface area (TPSA) is 52.6 Å². The van der Waals surface area contributed by atoms with Crippen molar-refractivity contribution < 1.29 is 19.1 Å². The molecule has 0 saturated heterocycles.